The Bertz CT molecular complexity index is 403. The second kappa shape index (κ2) is 5.95. The molecule has 6 nitrogen and oxygen atoms in total. The molecule has 0 bridgehead atoms. The standard InChI is InChI=1S/C11H15N3O3/c1-3-12-10(15)8-5-6-9(13-7-8)11(16)14(17)4-2/h5-7,17H,3-4H2,1-2H3,(H,12,15). The Morgan fingerprint density at radius 3 is 2.59 bits per heavy atom. The Labute approximate surface area is 99.2 Å². The van der Waals surface area contributed by atoms with Gasteiger partial charge in [-0.2, -0.15) is 0 Å². The summed E-state index contributed by atoms with van der Waals surface area (Å²) in [7, 11) is 0. The molecule has 6 heteroatoms. The van der Waals surface area contributed by atoms with E-state index in [2.05, 4.69) is 10.3 Å². The van der Waals surface area contributed by atoms with Gasteiger partial charge in [0, 0.05) is 19.3 Å². The highest BCUT2D eigenvalue weighted by atomic mass is 16.5. The normalized spacial score (nSPS) is 9.82. The van der Waals surface area contributed by atoms with Crippen molar-refractivity contribution in [2.45, 2.75) is 13.8 Å². The third-order valence-electron chi connectivity index (χ3n) is 2.12. The highest BCUT2D eigenvalue weighted by molar-refractivity contribution is 5.95. The van der Waals surface area contributed by atoms with Crippen molar-refractivity contribution in [2.24, 2.45) is 0 Å². The number of hydroxylamine groups is 2. The first kappa shape index (κ1) is 13.1. The summed E-state index contributed by atoms with van der Waals surface area (Å²) in [5.74, 6) is -0.828. The maximum Gasteiger partial charge on any atom is 0.295 e. The summed E-state index contributed by atoms with van der Waals surface area (Å²) < 4.78 is 0. The molecule has 1 heterocycles. The molecule has 1 rings (SSSR count). The molecule has 0 radical (unpaired) electrons. The van der Waals surface area contributed by atoms with Gasteiger partial charge in [0.1, 0.15) is 5.69 Å². The van der Waals surface area contributed by atoms with Gasteiger partial charge in [-0.1, -0.05) is 0 Å². The highest BCUT2D eigenvalue weighted by Crippen LogP contribution is 2.03. The first-order valence-corrected chi connectivity index (χ1v) is 5.35. The number of carbonyl (C=O) groups excluding carboxylic acids is 2. The lowest BCUT2D eigenvalue weighted by Gasteiger charge is -2.11. The summed E-state index contributed by atoms with van der Waals surface area (Å²) in [5.41, 5.74) is 0.479. The average molecular weight is 237 g/mol. The molecule has 0 spiro atoms. The van der Waals surface area contributed by atoms with Crippen LogP contribution in [0.2, 0.25) is 0 Å². The monoisotopic (exact) mass is 237 g/mol. The summed E-state index contributed by atoms with van der Waals surface area (Å²) in [6.45, 7) is 4.16. The maximum atomic E-state index is 11.5. The van der Waals surface area contributed by atoms with Gasteiger partial charge in [-0.3, -0.25) is 19.8 Å². The number of rotatable bonds is 4. The van der Waals surface area contributed by atoms with Crippen molar-refractivity contribution in [3.8, 4) is 0 Å². The Balaban J connectivity index is 2.81. The second-order valence-corrected chi connectivity index (χ2v) is 3.31. The van der Waals surface area contributed by atoms with Crippen LogP contribution < -0.4 is 5.32 Å². The summed E-state index contributed by atoms with van der Waals surface area (Å²) in [6, 6.07) is 2.90. The zero-order valence-electron chi connectivity index (χ0n) is 9.80. The van der Waals surface area contributed by atoms with Gasteiger partial charge in [-0.25, -0.2) is 5.06 Å². The Kier molecular flexibility index (Phi) is 4.59. The number of carbonyl (C=O) groups is 2. The van der Waals surface area contributed by atoms with Crippen LogP contribution in [0, 0.1) is 0 Å². The lowest BCUT2D eigenvalue weighted by Crippen LogP contribution is -2.28. The van der Waals surface area contributed by atoms with Crippen LogP contribution in [-0.2, 0) is 0 Å². The van der Waals surface area contributed by atoms with Crippen molar-refractivity contribution in [3.05, 3.63) is 29.6 Å². The molecule has 0 aliphatic heterocycles. The fraction of sp³-hybridized carbons (Fsp3) is 0.364. The van der Waals surface area contributed by atoms with Crippen molar-refractivity contribution >= 4 is 11.8 Å². The molecule has 17 heavy (non-hydrogen) atoms. The number of nitrogens with zero attached hydrogens (tertiary/aromatic N) is 2. The Morgan fingerprint density at radius 2 is 2.12 bits per heavy atom. The van der Waals surface area contributed by atoms with E-state index in [0.717, 1.165) is 0 Å². The van der Waals surface area contributed by atoms with E-state index in [1.165, 1.54) is 18.3 Å². The van der Waals surface area contributed by atoms with Crippen molar-refractivity contribution in [1.82, 2.24) is 15.4 Å². The SMILES string of the molecule is CCNC(=O)c1ccc(C(=O)N(O)CC)nc1. The van der Waals surface area contributed by atoms with Crippen LogP contribution in [0.1, 0.15) is 34.7 Å². The van der Waals surface area contributed by atoms with E-state index in [1.807, 2.05) is 6.92 Å². The van der Waals surface area contributed by atoms with Crippen LogP contribution in [0.5, 0.6) is 0 Å². The van der Waals surface area contributed by atoms with Crippen LogP contribution in [0.15, 0.2) is 18.3 Å². The van der Waals surface area contributed by atoms with Gasteiger partial charge < -0.3 is 5.32 Å². The van der Waals surface area contributed by atoms with Gasteiger partial charge in [0.25, 0.3) is 11.8 Å². The maximum absolute atomic E-state index is 11.5. The van der Waals surface area contributed by atoms with Gasteiger partial charge >= 0.3 is 0 Å². The van der Waals surface area contributed by atoms with Crippen LogP contribution in [0.25, 0.3) is 0 Å². The molecule has 92 valence electrons. The molecular formula is C11H15N3O3. The van der Waals surface area contributed by atoms with E-state index < -0.39 is 5.91 Å². The Morgan fingerprint density at radius 1 is 1.41 bits per heavy atom. The third-order valence-corrected chi connectivity index (χ3v) is 2.12. The molecule has 0 aromatic carbocycles. The van der Waals surface area contributed by atoms with E-state index in [0.29, 0.717) is 17.2 Å². The van der Waals surface area contributed by atoms with Gasteiger partial charge in [-0.05, 0) is 26.0 Å². The number of aromatic nitrogens is 1. The molecule has 0 saturated heterocycles. The predicted octanol–water partition coefficient (Wildman–Crippen LogP) is 0.683. The molecule has 2 N–H and O–H groups in total. The molecule has 0 aliphatic rings. The molecule has 1 aromatic heterocycles. The molecule has 0 aliphatic carbocycles. The summed E-state index contributed by atoms with van der Waals surface area (Å²) in [5, 5.41) is 12.4. The van der Waals surface area contributed by atoms with Crippen LogP contribution >= 0.6 is 0 Å². The predicted molar refractivity (Wildman–Crippen MR) is 60.7 cm³/mol. The lowest BCUT2D eigenvalue weighted by atomic mass is 10.2. The van der Waals surface area contributed by atoms with Crippen LogP contribution in [0.3, 0.4) is 0 Å². The van der Waals surface area contributed by atoms with Crippen molar-refractivity contribution in [2.75, 3.05) is 13.1 Å². The fourth-order valence-electron chi connectivity index (χ4n) is 1.19. The van der Waals surface area contributed by atoms with E-state index in [9.17, 15) is 14.8 Å². The molecule has 0 saturated carbocycles. The Hall–Kier alpha value is -1.95. The number of pyridine rings is 1. The van der Waals surface area contributed by atoms with Gasteiger partial charge in [0.05, 0.1) is 5.56 Å². The van der Waals surface area contributed by atoms with Gasteiger partial charge in [0.15, 0.2) is 0 Å². The quantitative estimate of drug-likeness (QED) is 0.596. The molecular weight excluding hydrogens is 222 g/mol. The number of hydrogen-bond donors (Lipinski definition) is 2. The first-order valence-electron chi connectivity index (χ1n) is 5.35. The van der Waals surface area contributed by atoms with Gasteiger partial charge in [0.2, 0.25) is 0 Å². The van der Waals surface area contributed by atoms with Crippen molar-refractivity contribution in [1.29, 1.82) is 0 Å². The number of amides is 2. The average Bonchev–Trinajstić information content (AvgIpc) is 2.37. The summed E-state index contributed by atoms with van der Waals surface area (Å²) in [4.78, 5) is 26.8. The molecule has 0 atom stereocenters. The summed E-state index contributed by atoms with van der Waals surface area (Å²) in [6.07, 6.45) is 1.31. The molecule has 0 fully saturated rings. The second-order valence-electron chi connectivity index (χ2n) is 3.31. The highest BCUT2D eigenvalue weighted by Gasteiger charge is 2.14. The van der Waals surface area contributed by atoms with Crippen molar-refractivity contribution in [3.63, 3.8) is 0 Å². The molecule has 1 aromatic rings. The third kappa shape index (κ3) is 3.25. The minimum atomic E-state index is -0.588. The minimum Gasteiger partial charge on any atom is -0.352 e. The molecule has 0 unspecified atom stereocenters. The van der Waals surface area contributed by atoms with E-state index in [1.54, 1.807) is 6.92 Å². The fourth-order valence-corrected chi connectivity index (χ4v) is 1.19. The first-order chi connectivity index (χ1) is 8.10. The lowest BCUT2D eigenvalue weighted by molar-refractivity contribution is -0.0545. The number of nitrogens with one attached hydrogen (secondary N) is 1. The minimum absolute atomic E-state index is 0.0994. The summed E-state index contributed by atoms with van der Waals surface area (Å²) >= 11 is 0. The van der Waals surface area contributed by atoms with E-state index in [4.69, 9.17) is 0 Å². The van der Waals surface area contributed by atoms with Crippen molar-refractivity contribution < 1.29 is 14.8 Å². The van der Waals surface area contributed by atoms with Crippen LogP contribution in [-0.4, -0.2) is 40.2 Å². The smallest absolute Gasteiger partial charge is 0.295 e. The van der Waals surface area contributed by atoms with E-state index in [-0.39, 0.29) is 18.1 Å². The van der Waals surface area contributed by atoms with Gasteiger partial charge in [-0.15, -0.1) is 0 Å². The van der Waals surface area contributed by atoms with Crippen LogP contribution in [0.4, 0.5) is 0 Å². The van der Waals surface area contributed by atoms with E-state index >= 15 is 0 Å². The topological polar surface area (TPSA) is 82.5 Å². The number of hydrogen-bond acceptors (Lipinski definition) is 4. The zero-order chi connectivity index (χ0) is 12.8. The largest absolute Gasteiger partial charge is 0.352 e. The molecule has 2 amide bonds. The zero-order valence-corrected chi connectivity index (χ0v) is 9.80.